The lowest BCUT2D eigenvalue weighted by Gasteiger charge is -2.39. The molecule has 0 aromatic rings. The van der Waals surface area contributed by atoms with Gasteiger partial charge in [-0.1, -0.05) is 162 Å². The molecule has 1 fully saturated rings. The van der Waals surface area contributed by atoms with Crippen LogP contribution in [0.3, 0.4) is 0 Å². The van der Waals surface area contributed by atoms with E-state index in [-0.39, 0.29) is 6.61 Å². The van der Waals surface area contributed by atoms with Crippen molar-refractivity contribution in [3.63, 3.8) is 0 Å². The molecular formula is C38H73NO10. The van der Waals surface area contributed by atoms with Crippen LogP contribution >= 0.6 is 0 Å². The molecule has 11 heteroatoms. The lowest BCUT2D eigenvalue weighted by Crippen LogP contribution is -2.61. The number of hydrogen-bond donors (Lipinski definition) is 7. The minimum Gasteiger partial charge on any atom is -0.479 e. The molecule has 1 aliphatic rings. The fourth-order valence-electron chi connectivity index (χ4n) is 6.44. The van der Waals surface area contributed by atoms with Crippen LogP contribution in [0.5, 0.6) is 0 Å². The number of amides is 1. The Morgan fingerprint density at radius 1 is 0.612 bits per heavy atom. The van der Waals surface area contributed by atoms with Crippen LogP contribution in [0.25, 0.3) is 0 Å². The highest BCUT2D eigenvalue weighted by Gasteiger charge is 2.47. The van der Waals surface area contributed by atoms with E-state index in [9.17, 15) is 40.2 Å². The summed E-state index contributed by atoms with van der Waals surface area (Å²) in [5, 5.41) is 64.1. The summed E-state index contributed by atoms with van der Waals surface area (Å²) in [7, 11) is 0. The molecule has 0 radical (unpaired) electrons. The van der Waals surface area contributed by atoms with Crippen molar-refractivity contribution in [2.75, 3.05) is 6.61 Å². The Kier molecular flexibility index (Phi) is 27.3. The summed E-state index contributed by atoms with van der Waals surface area (Å²) in [6.07, 6.45) is 16.3. The maximum absolute atomic E-state index is 12.9. The molecule has 1 rings (SSSR count). The fourth-order valence-corrected chi connectivity index (χ4v) is 6.44. The van der Waals surface area contributed by atoms with Gasteiger partial charge >= 0.3 is 5.97 Å². The summed E-state index contributed by atoms with van der Waals surface area (Å²) < 4.78 is 10.8. The minimum absolute atomic E-state index is 0.291. The average molecular weight is 704 g/mol. The zero-order valence-corrected chi connectivity index (χ0v) is 30.8. The number of rotatable bonds is 32. The molecule has 1 saturated heterocycles. The van der Waals surface area contributed by atoms with Crippen LogP contribution in [0.2, 0.25) is 0 Å². The first kappa shape index (κ1) is 45.7. The lowest BCUT2D eigenvalue weighted by molar-refractivity contribution is -0.295. The maximum Gasteiger partial charge on any atom is 0.335 e. The van der Waals surface area contributed by atoms with Gasteiger partial charge in [0, 0.05) is 0 Å². The van der Waals surface area contributed by atoms with Gasteiger partial charge in [-0.05, 0) is 12.8 Å². The van der Waals surface area contributed by atoms with Gasteiger partial charge in [0.05, 0.1) is 18.8 Å². The number of hydrogen-bond acceptors (Lipinski definition) is 9. The summed E-state index contributed by atoms with van der Waals surface area (Å²) in [5.74, 6) is -2.17. The number of aliphatic hydroxyl groups is 5. The smallest absolute Gasteiger partial charge is 0.335 e. The second-order valence-electron chi connectivity index (χ2n) is 14.3. The molecule has 0 aliphatic carbocycles. The van der Waals surface area contributed by atoms with Crippen molar-refractivity contribution in [1.82, 2.24) is 5.32 Å². The topological polar surface area (TPSA) is 186 Å². The summed E-state index contributed by atoms with van der Waals surface area (Å²) in [5.41, 5.74) is 0. The van der Waals surface area contributed by atoms with Crippen LogP contribution in [-0.4, -0.2) is 98.1 Å². The van der Waals surface area contributed by atoms with Crippen molar-refractivity contribution in [3.05, 3.63) is 0 Å². The van der Waals surface area contributed by atoms with E-state index in [2.05, 4.69) is 19.2 Å². The first-order valence-corrected chi connectivity index (χ1v) is 19.8. The van der Waals surface area contributed by atoms with E-state index in [0.717, 1.165) is 44.9 Å². The molecule has 0 spiro atoms. The van der Waals surface area contributed by atoms with Crippen LogP contribution in [0.15, 0.2) is 0 Å². The Morgan fingerprint density at radius 2 is 1.02 bits per heavy atom. The largest absolute Gasteiger partial charge is 0.479 e. The third-order valence-corrected chi connectivity index (χ3v) is 9.78. The normalized spacial score (nSPS) is 22.9. The second-order valence-corrected chi connectivity index (χ2v) is 14.3. The van der Waals surface area contributed by atoms with Crippen molar-refractivity contribution in [1.29, 1.82) is 0 Å². The molecule has 1 amide bonds. The van der Waals surface area contributed by atoms with Crippen molar-refractivity contribution >= 4 is 11.9 Å². The molecule has 0 saturated carbocycles. The Hall–Kier alpha value is -1.34. The van der Waals surface area contributed by atoms with Gasteiger partial charge in [0.2, 0.25) is 5.91 Å². The van der Waals surface area contributed by atoms with Gasteiger partial charge < -0.3 is 45.4 Å². The number of aliphatic hydroxyl groups excluding tert-OH is 5. The van der Waals surface area contributed by atoms with Crippen LogP contribution in [0.1, 0.15) is 174 Å². The van der Waals surface area contributed by atoms with Crippen molar-refractivity contribution in [2.24, 2.45) is 0 Å². The van der Waals surface area contributed by atoms with Crippen molar-refractivity contribution < 1.29 is 49.7 Å². The van der Waals surface area contributed by atoms with Gasteiger partial charge in [0.1, 0.15) is 24.4 Å². The zero-order valence-electron chi connectivity index (χ0n) is 30.8. The van der Waals surface area contributed by atoms with Crippen LogP contribution in [-0.2, 0) is 19.1 Å². The number of aliphatic carboxylic acids is 1. The van der Waals surface area contributed by atoms with E-state index in [1.807, 2.05) is 0 Å². The summed E-state index contributed by atoms with van der Waals surface area (Å²) in [6, 6.07) is -0.977. The first-order valence-electron chi connectivity index (χ1n) is 19.8. The highest BCUT2D eigenvalue weighted by atomic mass is 16.7. The SMILES string of the molecule is CCCCCCCCCCCCCCC[C@@H](O)[C@H](CO[C@@H]1O[C@H](C(=O)O)[C@@H](O)[C@H](O)[C@H]1O)NC(=O)[C@H](O)CCCCCCCCCCCC. The number of unbranched alkanes of at least 4 members (excludes halogenated alkanes) is 21. The number of carboxylic acid groups (broad SMARTS) is 1. The molecule has 0 unspecified atom stereocenters. The van der Waals surface area contributed by atoms with Crippen LogP contribution in [0, 0.1) is 0 Å². The second kappa shape index (κ2) is 29.3. The Bertz CT molecular complexity index is 817. The third kappa shape index (κ3) is 20.9. The molecular weight excluding hydrogens is 630 g/mol. The van der Waals surface area contributed by atoms with Gasteiger partial charge in [-0.15, -0.1) is 0 Å². The van der Waals surface area contributed by atoms with E-state index in [4.69, 9.17) is 9.47 Å². The highest BCUT2D eigenvalue weighted by Crippen LogP contribution is 2.23. The highest BCUT2D eigenvalue weighted by molar-refractivity contribution is 5.80. The van der Waals surface area contributed by atoms with Gasteiger partial charge in [0.15, 0.2) is 12.4 Å². The third-order valence-electron chi connectivity index (χ3n) is 9.78. The van der Waals surface area contributed by atoms with Gasteiger partial charge in [-0.3, -0.25) is 4.79 Å². The maximum atomic E-state index is 12.9. The van der Waals surface area contributed by atoms with Crippen LogP contribution in [0.4, 0.5) is 0 Å². The van der Waals surface area contributed by atoms with Crippen LogP contribution < -0.4 is 5.32 Å². The van der Waals surface area contributed by atoms with Gasteiger partial charge in [-0.2, -0.15) is 0 Å². The number of carboxylic acids is 1. The van der Waals surface area contributed by atoms with Gasteiger partial charge in [-0.25, -0.2) is 4.79 Å². The Balaban J connectivity index is 2.53. The summed E-state index contributed by atoms with van der Waals surface area (Å²) >= 11 is 0. The predicted molar refractivity (Wildman–Crippen MR) is 191 cm³/mol. The average Bonchev–Trinajstić information content (AvgIpc) is 3.08. The molecule has 8 atom stereocenters. The molecule has 1 aliphatic heterocycles. The Labute approximate surface area is 296 Å². The van der Waals surface area contributed by atoms with E-state index in [0.29, 0.717) is 19.3 Å². The van der Waals surface area contributed by atoms with E-state index < -0.39 is 60.8 Å². The quantitative estimate of drug-likeness (QED) is 0.0417. The zero-order chi connectivity index (χ0) is 36.3. The number of nitrogens with one attached hydrogen (secondary N) is 1. The van der Waals surface area contributed by atoms with E-state index in [1.54, 1.807) is 0 Å². The van der Waals surface area contributed by atoms with E-state index >= 15 is 0 Å². The first-order chi connectivity index (χ1) is 23.6. The number of carbonyl (C=O) groups is 2. The monoisotopic (exact) mass is 704 g/mol. The Morgan fingerprint density at radius 3 is 1.45 bits per heavy atom. The van der Waals surface area contributed by atoms with Crippen molar-refractivity contribution in [3.8, 4) is 0 Å². The fraction of sp³-hybridized carbons (Fsp3) is 0.947. The lowest BCUT2D eigenvalue weighted by atomic mass is 9.99. The molecule has 0 bridgehead atoms. The van der Waals surface area contributed by atoms with E-state index in [1.165, 1.54) is 96.3 Å². The number of carbonyl (C=O) groups excluding carboxylic acids is 1. The minimum atomic E-state index is -1.86. The molecule has 290 valence electrons. The standard InChI is InChI=1S/C38H73NO10/c1-3-5-7-9-11-13-15-16-17-19-20-22-24-26-30(40)29(28-48-38-34(44)32(42)33(43)35(49-38)37(46)47)39-36(45)31(41)27-25-23-21-18-14-12-10-8-6-4-2/h29-35,38,40-44H,3-28H2,1-2H3,(H,39,45)(H,46,47)/t29-,30+,31+,32-,33-,34+,35-,38+/m0/s1. The molecule has 49 heavy (non-hydrogen) atoms. The summed E-state index contributed by atoms with van der Waals surface area (Å²) in [4.78, 5) is 24.4. The predicted octanol–water partition coefficient (Wildman–Crippen LogP) is 5.89. The van der Waals surface area contributed by atoms with Crippen molar-refractivity contribution in [2.45, 2.75) is 223 Å². The molecule has 7 N–H and O–H groups in total. The van der Waals surface area contributed by atoms with Gasteiger partial charge in [0.25, 0.3) is 0 Å². The molecule has 11 nitrogen and oxygen atoms in total. The number of ether oxygens (including phenoxy) is 2. The summed E-state index contributed by atoms with van der Waals surface area (Å²) in [6.45, 7) is 4.07. The molecule has 0 aromatic heterocycles. The molecule has 1 heterocycles. The molecule has 0 aromatic carbocycles.